The number of carbonyl (C=O) groups excluding carboxylic acids is 1. The maximum absolute atomic E-state index is 11.7. The van der Waals surface area contributed by atoms with Gasteiger partial charge in [0.25, 0.3) is 0 Å². The Balaban J connectivity index is 2.41. The molecule has 3 N–H and O–H groups in total. The van der Waals surface area contributed by atoms with Gasteiger partial charge in [-0.1, -0.05) is 0 Å². The maximum Gasteiger partial charge on any atom is 0.323 e. The average molecular weight is 258 g/mol. The first-order valence-electron chi connectivity index (χ1n) is 5.91. The van der Waals surface area contributed by atoms with E-state index in [0.717, 1.165) is 24.4 Å². The molecule has 1 unspecified atom stereocenters. The van der Waals surface area contributed by atoms with Gasteiger partial charge in [-0.15, -0.1) is 0 Å². The number of hydrogen-bond donors (Lipinski definition) is 3. The summed E-state index contributed by atoms with van der Waals surface area (Å²) >= 11 is 0. The predicted molar refractivity (Wildman–Crippen MR) is 62.1 cm³/mol. The predicted octanol–water partition coefficient (Wildman–Crippen LogP) is -0.626. The van der Waals surface area contributed by atoms with E-state index >= 15 is 0 Å². The molecule has 1 rings (SSSR count). The Bertz CT molecular complexity index is 309. The fraction of sp³-hybridized carbons (Fsp3) is 0.727. The summed E-state index contributed by atoms with van der Waals surface area (Å²) in [4.78, 5) is 33.7. The molecule has 0 saturated carbocycles. The summed E-state index contributed by atoms with van der Waals surface area (Å²) < 4.78 is 0. The van der Waals surface area contributed by atoms with Crippen LogP contribution in [0.1, 0.15) is 19.3 Å². The van der Waals surface area contributed by atoms with Crippen LogP contribution in [0.5, 0.6) is 0 Å². The Morgan fingerprint density at radius 3 is 2.22 bits per heavy atom. The number of carbonyl (C=O) groups is 3. The standard InChI is InChI=1S/C11H18N2O5/c14-9(2-1-8-3-4-12-5-8)13(6-10(15)16)7-11(17)18/h8,12H,1-7H2,(H,15,16)(H,17,18). The number of carboxylic acid groups (broad SMARTS) is 2. The van der Waals surface area contributed by atoms with Crippen molar-refractivity contribution in [1.82, 2.24) is 10.2 Å². The molecule has 1 atom stereocenters. The molecule has 0 aromatic rings. The van der Waals surface area contributed by atoms with Gasteiger partial charge in [0, 0.05) is 6.42 Å². The molecule has 0 aromatic heterocycles. The van der Waals surface area contributed by atoms with Gasteiger partial charge in [-0.2, -0.15) is 0 Å². The van der Waals surface area contributed by atoms with Crippen LogP contribution in [0.25, 0.3) is 0 Å². The summed E-state index contributed by atoms with van der Waals surface area (Å²) in [6, 6.07) is 0. The van der Waals surface area contributed by atoms with Gasteiger partial charge in [0.15, 0.2) is 0 Å². The van der Waals surface area contributed by atoms with Crippen molar-refractivity contribution in [3.8, 4) is 0 Å². The number of carboxylic acids is 2. The normalized spacial score (nSPS) is 18.6. The summed E-state index contributed by atoms with van der Waals surface area (Å²) in [5, 5.41) is 20.4. The smallest absolute Gasteiger partial charge is 0.323 e. The molecule has 1 amide bonds. The van der Waals surface area contributed by atoms with E-state index in [1.165, 1.54) is 0 Å². The Morgan fingerprint density at radius 2 is 1.78 bits per heavy atom. The maximum atomic E-state index is 11.7. The van der Waals surface area contributed by atoms with Crippen LogP contribution in [0.3, 0.4) is 0 Å². The number of hydrogen-bond acceptors (Lipinski definition) is 4. The van der Waals surface area contributed by atoms with Crippen LogP contribution >= 0.6 is 0 Å². The fourth-order valence-electron chi connectivity index (χ4n) is 2.01. The van der Waals surface area contributed by atoms with Crippen molar-refractivity contribution in [2.75, 3.05) is 26.2 Å². The quantitative estimate of drug-likeness (QED) is 0.561. The summed E-state index contributed by atoms with van der Waals surface area (Å²) in [6.45, 7) is 0.681. The molecular formula is C11H18N2O5. The van der Waals surface area contributed by atoms with Crippen molar-refractivity contribution in [3.05, 3.63) is 0 Å². The molecular weight excluding hydrogens is 240 g/mol. The molecule has 0 bridgehead atoms. The van der Waals surface area contributed by atoms with Gasteiger partial charge in [-0.3, -0.25) is 14.4 Å². The first-order chi connectivity index (χ1) is 8.49. The lowest BCUT2D eigenvalue weighted by Gasteiger charge is -2.19. The lowest BCUT2D eigenvalue weighted by atomic mass is 10.0. The molecule has 0 aliphatic carbocycles. The van der Waals surface area contributed by atoms with Gasteiger partial charge in [0.05, 0.1) is 0 Å². The molecule has 7 heteroatoms. The Morgan fingerprint density at radius 1 is 1.17 bits per heavy atom. The zero-order valence-corrected chi connectivity index (χ0v) is 10.1. The molecule has 1 aliphatic rings. The minimum atomic E-state index is -1.20. The molecule has 0 radical (unpaired) electrons. The highest BCUT2D eigenvalue weighted by Crippen LogP contribution is 2.15. The van der Waals surface area contributed by atoms with Gasteiger partial charge in [0.2, 0.25) is 5.91 Å². The lowest BCUT2D eigenvalue weighted by molar-refractivity contribution is -0.149. The van der Waals surface area contributed by atoms with Crippen molar-refractivity contribution in [1.29, 1.82) is 0 Å². The van der Waals surface area contributed by atoms with Gasteiger partial charge >= 0.3 is 11.9 Å². The van der Waals surface area contributed by atoms with Crippen molar-refractivity contribution >= 4 is 17.8 Å². The van der Waals surface area contributed by atoms with Crippen LogP contribution in [0.4, 0.5) is 0 Å². The van der Waals surface area contributed by atoms with Crippen LogP contribution in [0.15, 0.2) is 0 Å². The van der Waals surface area contributed by atoms with E-state index in [2.05, 4.69) is 5.32 Å². The number of nitrogens with zero attached hydrogens (tertiary/aromatic N) is 1. The second-order valence-corrected chi connectivity index (χ2v) is 4.43. The second kappa shape index (κ2) is 6.95. The van der Waals surface area contributed by atoms with Gasteiger partial charge in [-0.05, 0) is 31.8 Å². The highest BCUT2D eigenvalue weighted by molar-refractivity contribution is 5.85. The monoisotopic (exact) mass is 258 g/mol. The third kappa shape index (κ3) is 5.13. The Hall–Kier alpha value is -1.63. The van der Waals surface area contributed by atoms with Crippen LogP contribution < -0.4 is 5.32 Å². The molecule has 1 aliphatic heterocycles. The summed E-state index contributed by atoms with van der Waals surface area (Å²) in [7, 11) is 0. The Kier molecular flexibility index (Phi) is 5.57. The number of rotatable bonds is 7. The van der Waals surface area contributed by atoms with Crippen LogP contribution in [-0.4, -0.2) is 59.1 Å². The zero-order chi connectivity index (χ0) is 13.5. The second-order valence-electron chi connectivity index (χ2n) is 4.43. The van der Waals surface area contributed by atoms with Crippen molar-refractivity contribution in [2.45, 2.75) is 19.3 Å². The minimum absolute atomic E-state index is 0.201. The summed E-state index contributed by atoms with van der Waals surface area (Å²) in [5.74, 6) is -2.39. The lowest BCUT2D eigenvalue weighted by Crippen LogP contribution is -2.39. The third-order valence-corrected chi connectivity index (χ3v) is 2.93. The largest absolute Gasteiger partial charge is 0.480 e. The number of amides is 1. The SMILES string of the molecule is O=C(O)CN(CC(=O)O)C(=O)CCC1CCNC1. The van der Waals surface area contributed by atoms with Crippen molar-refractivity contribution in [2.24, 2.45) is 5.92 Å². The van der Waals surface area contributed by atoms with E-state index in [4.69, 9.17) is 10.2 Å². The molecule has 102 valence electrons. The summed E-state index contributed by atoms with van der Waals surface area (Å²) in [5.41, 5.74) is 0. The van der Waals surface area contributed by atoms with Crippen LogP contribution in [0, 0.1) is 5.92 Å². The first kappa shape index (κ1) is 14.4. The molecule has 1 heterocycles. The van der Waals surface area contributed by atoms with Crippen molar-refractivity contribution < 1.29 is 24.6 Å². The minimum Gasteiger partial charge on any atom is -0.480 e. The number of aliphatic carboxylic acids is 2. The molecule has 1 fully saturated rings. The zero-order valence-electron chi connectivity index (χ0n) is 10.1. The Labute approximate surface area is 105 Å². The van der Waals surface area contributed by atoms with Crippen molar-refractivity contribution in [3.63, 3.8) is 0 Å². The van der Waals surface area contributed by atoms with E-state index in [0.29, 0.717) is 12.3 Å². The average Bonchev–Trinajstić information content (AvgIpc) is 2.76. The molecule has 7 nitrogen and oxygen atoms in total. The highest BCUT2D eigenvalue weighted by Gasteiger charge is 2.21. The van der Waals surface area contributed by atoms with Gasteiger partial charge in [-0.25, -0.2) is 0 Å². The van der Waals surface area contributed by atoms with E-state index in [1.807, 2.05) is 0 Å². The summed E-state index contributed by atoms with van der Waals surface area (Å²) in [6.07, 6.45) is 1.87. The number of nitrogens with one attached hydrogen (secondary N) is 1. The molecule has 18 heavy (non-hydrogen) atoms. The first-order valence-corrected chi connectivity index (χ1v) is 5.91. The van der Waals surface area contributed by atoms with Crippen LogP contribution in [-0.2, 0) is 14.4 Å². The molecule has 1 saturated heterocycles. The van der Waals surface area contributed by atoms with E-state index < -0.39 is 30.9 Å². The van der Waals surface area contributed by atoms with E-state index in [-0.39, 0.29) is 6.42 Å². The molecule has 0 aromatic carbocycles. The van der Waals surface area contributed by atoms with Gasteiger partial charge in [0.1, 0.15) is 13.1 Å². The topological polar surface area (TPSA) is 107 Å². The fourth-order valence-corrected chi connectivity index (χ4v) is 2.01. The highest BCUT2D eigenvalue weighted by atomic mass is 16.4. The van der Waals surface area contributed by atoms with E-state index in [1.54, 1.807) is 0 Å². The van der Waals surface area contributed by atoms with E-state index in [9.17, 15) is 14.4 Å². The van der Waals surface area contributed by atoms with Crippen LogP contribution in [0.2, 0.25) is 0 Å². The molecule has 0 spiro atoms. The third-order valence-electron chi connectivity index (χ3n) is 2.93. The van der Waals surface area contributed by atoms with Gasteiger partial charge < -0.3 is 20.4 Å².